The number of pyridine rings is 1. The smallest absolute Gasteiger partial charge is 0.338 e. The van der Waals surface area contributed by atoms with Crippen molar-refractivity contribution in [2.24, 2.45) is 0 Å². The van der Waals surface area contributed by atoms with Gasteiger partial charge in [-0.1, -0.05) is 12.1 Å². The van der Waals surface area contributed by atoms with Gasteiger partial charge in [-0.25, -0.2) is 4.79 Å². The lowest BCUT2D eigenvalue weighted by atomic mass is 10.1. The Morgan fingerprint density at radius 3 is 3.14 bits per heavy atom. The van der Waals surface area contributed by atoms with Crippen LogP contribution in [-0.2, 0) is 11.2 Å². The molecule has 2 aromatic rings. The van der Waals surface area contributed by atoms with Gasteiger partial charge >= 0.3 is 5.97 Å². The van der Waals surface area contributed by atoms with Gasteiger partial charge < -0.3 is 10.1 Å². The molecule has 1 aliphatic rings. The highest BCUT2D eigenvalue weighted by molar-refractivity contribution is 5.90. The second-order valence-electron chi connectivity index (χ2n) is 5.08. The topological polar surface area (TPSA) is 51.2 Å². The van der Waals surface area contributed by atoms with Crippen LogP contribution in [0.4, 0.5) is 5.69 Å². The molecule has 4 nitrogen and oxygen atoms in total. The number of esters is 1. The van der Waals surface area contributed by atoms with Crippen LogP contribution in [0.3, 0.4) is 0 Å². The van der Waals surface area contributed by atoms with Crippen LogP contribution in [0, 0.1) is 0 Å². The third-order valence-corrected chi connectivity index (χ3v) is 3.67. The number of ether oxygens (including phenoxy) is 1. The number of rotatable bonds is 4. The van der Waals surface area contributed by atoms with Gasteiger partial charge in [-0.2, -0.15) is 0 Å². The van der Waals surface area contributed by atoms with Gasteiger partial charge in [0.25, 0.3) is 0 Å². The molecule has 21 heavy (non-hydrogen) atoms. The molecule has 1 aromatic heterocycles. The average Bonchev–Trinajstić information content (AvgIpc) is 2.91. The fraction of sp³-hybridized carbons (Fsp3) is 0.294. The molecule has 0 saturated carbocycles. The fourth-order valence-electron chi connectivity index (χ4n) is 2.70. The first kappa shape index (κ1) is 13.6. The quantitative estimate of drug-likeness (QED) is 0.874. The van der Waals surface area contributed by atoms with Gasteiger partial charge in [-0.15, -0.1) is 0 Å². The number of nitrogens with one attached hydrogen (secondary N) is 1. The summed E-state index contributed by atoms with van der Waals surface area (Å²) in [6.45, 7) is 2.19. The minimum absolute atomic E-state index is 0.207. The van der Waals surface area contributed by atoms with E-state index in [4.69, 9.17) is 4.74 Å². The number of hydrogen-bond donors (Lipinski definition) is 1. The standard InChI is InChI=1S/C17H18N2O2/c1-2-21-17(20)13-5-3-7-14(11-13)19-15-9-8-12-6-4-10-18-16(12)15/h3-7,10-11,15,19H,2,8-9H2,1H3. The number of carbonyl (C=O) groups is 1. The van der Waals surface area contributed by atoms with Crippen LogP contribution in [0.25, 0.3) is 0 Å². The number of nitrogens with zero attached hydrogens (tertiary/aromatic N) is 1. The van der Waals surface area contributed by atoms with E-state index < -0.39 is 0 Å². The van der Waals surface area contributed by atoms with Gasteiger partial charge in [-0.05, 0) is 49.6 Å². The van der Waals surface area contributed by atoms with Crippen LogP contribution in [0.2, 0.25) is 0 Å². The maximum Gasteiger partial charge on any atom is 0.338 e. The molecule has 1 aromatic carbocycles. The molecule has 1 unspecified atom stereocenters. The first-order chi connectivity index (χ1) is 10.3. The third kappa shape index (κ3) is 2.89. The number of anilines is 1. The van der Waals surface area contributed by atoms with E-state index in [9.17, 15) is 4.79 Å². The van der Waals surface area contributed by atoms with E-state index in [1.807, 2.05) is 30.5 Å². The molecule has 3 rings (SSSR count). The number of fused-ring (bicyclic) bond motifs is 1. The number of carbonyl (C=O) groups excluding carboxylic acids is 1. The zero-order valence-corrected chi connectivity index (χ0v) is 12.0. The number of aryl methyl sites for hydroxylation is 1. The molecular weight excluding hydrogens is 264 g/mol. The zero-order valence-electron chi connectivity index (χ0n) is 12.0. The molecule has 108 valence electrons. The van der Waals surface area contributed by atoms with Gasteiger partial charge in [-0.3, -0.25) is 4.98 Å². The summed E-state index contributed by atoms with van der Waals surface area (Å²) in [6.07, 6.45) is 3.89. The van der Waals surface area contributed by atoms with Crippen molar-refractivity contribution in [2.75, 3.05) is 11.9 Å². The van der Waals surface area contributed by atoms with Crippen molar-refractivity contribution in [3.8, 4) is 0 Å². The lowest BCUT2D eigenvalue weighted by Crippen LogP contribution is -2.10. The van der Waals surface area contributed by atoms with Crippen molar-refractivity contribution < 1.29 is 9.53 Å². The molecule has 0 fully saturated rings. The van der Waals surface area contributed by atoms with Crippen molar-refractivity contribution in [1.82, 2.24) is 4.98 Å². The van der Waals surface area contributed by atoms with Crippen LogP contribution in [0.15, 0.2) is 42.6 Å². The Kier molecular flexibility index (Phi) is 3.86. The summed E-state index contributed by atoms with van der Waals surface area (Å²) >= 11 is 0. The van der Waals surface area contributed by atoms with Gasteiger partial charge in [0.1, 0.15) is 0 Å². The second-order valence-corrected chi connectivity index (χ2v) is 5.08. The minimum atomic E-state index is -0.286. The second kappa shape index (κ2) is 5.95. The van der Waals surface area contributed by atoms with E-state index in [-0.39, 0.29) is 12.0 Å². The molecule has 0 bridgehead atoms. The van der Waals surface area contributed by atoms with Gasteiger partial charge in [0.2, 0.25) is 0 Å². The van der Waals surface area contributed by atoms with Crippen LogP contribution in [-0.4, -0.2) is 17.6 Å². The molecule has 4 heteroatoms. The minimum Gasteiger partial charge on any atom is -0.462 e. The SMILES string of the molecule is CCOC(=O)c1cccc(NC2CCc3cccnc32)c1. The third-order valence-electron chi connectivity index (χ3n) is 3.67. The molecule has 1 aliphatic carbocycles. The highest BCUT2D eigenvalue weighted by Crippen LogP contribution is 2.32. The first-order valence-corrected chi connectivity index (χ1v) is 7.25. The largest absolute Gasteiger partial charge is 0.462 e. The molecule has 0 amide bonds. The Morgan fingerprint density at radius 2 is 2.29 bits per heavy atom. The predicted molar refractivity (Wildman–Crippen MR) is 81.3 cm³/mol. The highest BCUT2D eigenvalue weighted by atomic mass is 16.5. The van der Waals surface area contributed by atoms with E-state index in [0.29, 0.717) is 12.2 Å². The number of aromatic nitrogens is 1. The monoisotopic (exact) mass is 282 g/mol. The summed E-state index contributed by atoms with van der Waals surface area (Å²) in [7, 11) is 0. The zero-order chi connectivity index (χ0) is 14.7. The van der Waals surface area contributed by atoms with Gasteiger partial charge in [0.15, 0.2) is 0 Å². The molecule has 0 saturated heterocycles. The molecule has 1 atom stereocenters. The van der Waals surface area contributed by atoms with Crippen molar-refractivity contribution in [3.05, 3.63) is 59.4 Å². The van der Waals surface area contributed by atoms with Crippen molar-refractivity contribution in [1.29, 1.82) is 0 Å². The first-order valence-electron chi connectivity index (χ1n) is 7.25. The molecule has 1 heterocycles. The maximum atomic E-state index is 11.8. The van der Waals surface area contributed by atoms with E-state index in [1.165, 1.54) is 5.56 Å². The van der Waals surface area contributed by atoms with Crippen molar-refractivity contribution in [3.63, 3.8) is 0 Å². The Bertz CT molecular complexity index is 655. The summed E-state index contributed by atoms with van der Waals surface area (Å²) < 4.78 is 5.03. The predicted octanol–water partition coefficient (Wildman–Crippen LogP) is 3.36. The van der Waals surface area contributed by atoms with Crippen LogP contribution in [0.1, 0.15) is 41.0 Å². The molecular formula is C17H18N2O2. The summed E-state index contributed by atoms with van der Waals surface area (Å²) in [6, 6.07) is 11.7. The maximum absolute atomic E-state index is 11.8. The van der Waals surface area contributed by atoms with E-state index in [1.54, 1.807) is 13.0 Å². The summed E-state index contributed by atoms with van der Waals surface area (Å²) in [5.74, 6) is -0.286. The Hall–Kier alpha value is -2.36. The molecule has 0 aliphatic heterocycles. The van der Waals surface area contributed by atoms with Crippen LogP contribution in [0.5, 0.6) is 0 Å². The Labute approximate surface area is 124 Å². The Morgan fingerprint density at radius 1 is 1.38 bits per heavy atom. The summed E-state index contributed by atoms with van der Waals surface area (Å²) in [5, 5.41) is 3.46. The van der Waals surface area contributed by atoms with Crippen LogP contribution >= 0.6 is 0 Å². The lowest BCUT2D eigenvalue weighted by molar-refractivity contribution is 0.0526. The summed E-state index contributed by atoms with van der Waals surface area (Å²) in [4.78, 5) is 16.2. The van der Waals surface area contributed by atoms with E-state index >= 15 is 0 Å². The highest BCUT2D eigenvalue weighted by Gasteiger charge is 2.23. The average molecular weight is 282 g/mol. The fourth-order valence-corrected chi connectivity index (χ4v) is 2.70. The van der Waals surface area contributed by atoms with Crippen molar-refractivity contribution >= 4 is 11.7 Å². The van der Waals surface area contributed by atoms with Gasteiger partial charge in [0, 0.05) is 11.9 Å². The molecule has 1 N–H and O–H groups in total. The van der Waals surface area contributed by atoms with Gasteiger partial charge in [0.05, 0.1) is 23.9 Å². The summed E-state index contributed by atoms with van der Waals surface area (Å²) in [5.41, 5.74) is 3.90. The van der Waals surface area contributed by atoms with Crippen LogP contribution < -0.4 is 5.32 Å². The van der Waals surface area contributed by atoms with E-state index in [2.05, 4.69) is 16.4 Å². The van der Waals surface area contributed by atoms with Crippen molar-refractivity contribution in [2.45, 2.75) is 25.8 Å². The Balaban J connectivity index is 1.77. The molecule has 0 spiro atoms. The van der Waals surface area contributed by atoms with E-state index in [0.717, 1.165) is 24.2 Å². The lowest BCUT2D eigenvalue weighted by Gasteiger charge is -2.15. The number of benzene rings is 1. The molecule has 0 radical (unpaired) electrons. The number of hydrogen-bond acceptors (Lipinski definition) is 4. The normalized spacial score (nSPS) is 16.3.